The van der Waals surface area contributed by atoms with E-state index in [4.69, 9.17) is 5.73 Å². The smallest absolute Gasteiger partial charge is 0.164 e. The molecule has 1 aliphatic heterocycles. The van der Waals surface area contributed by atoms with E-state index < -0.39 is 5.66 Å². The van der Waals surface area contributed by atoms with Crippen molar-refractivity contribution in [3.8, 4) is 0 Å². The van der Waals surface area contributed by atoms with Crippen molar-refractivity contribution in [3.63, 3.8) is 0 Å². The predicted octanol–water partition coefficient (Wildman–Crippen LogP) is 1.53. The molecule has 1 aromatic heterocycles. The SMILES string of the molecule is NC1(C=O)C=Cc2ccc3cccnc3c2N1. The number of anilines is 1. The molecule has 0 fully saturated rings. The quantitative estimate of drug-likeness (QED) is 0.722. The summed E-state index contributed by atoms with van der Waals surface area (Å²) in [6, 6.07) is 7.83. The second-order valence-corrected chi connectivity index (χ2v) is 4.11. The van der Waals surface area contributed by atoms with E-state index >= 15 is 0 Å². The van der Waals surface area contributed by atoms with Crippen LogP contribution in [0.4, 0.5) is 5.69 Å². The average molecular weight is 225 g/mol. The molecule has 2 aromatic rings. The van der Waals surface area contributed by atoms with Gasteiger partial charge in [0.1, 0.15) is 0 Å². The zero-order valence-electron chi connectivity index (χ0n) is 9.05. The topological polar surface area (TPSA) is 68.0 Å². The zero-order valence-corrected chi connectivity index (χ0v) is 9.05. The number of hydrogen-bond donors (Lipinski definition) is 2. The number of pyridine rings is 1. The fourth-order valence-corrected chi connectivity index (χ4v) is 1.99. The standard InChI is InChI=1S/C13H11N3O/c14-13(8-17)6-5-10-4-3-9-2-1-7-15-11(9)12(10)16-13/h1-8,16H,14H2. The maximum atomic E-state index is 11.0. The molecule has 4 nitrogen and oxygen atoms in total. The van der Waals surface area contributed by atoms with Gasteiger partial charge in [0.25, 0.3) is 0 Å². The number of fused-ring (bicyclic) bond motifs is 3. The van der Waals surface area contributed by atoms with Crippen LogP contribution in [0.25, 0.3) is 17.0 Å². The number of nitrogens with zero attached hydrogens (tertiary/aromatic N) is 1. The predicted molar refractivity (Wildman–Crippen MR) is 67.4 cm³/mol. The van der Waals surface area contributed by atoms with Gasteiger partial charge < -0.3 is 5.32 Å². The van der Waals surface area contributed by atoms with Crippen molar-refractivity contribution in [1.82, 2.24) is 4.98 Å². The lowest BCUT2D eigenvalue weighted by Gasteiger charge is -2.27. The molecule has 84 valence electrons. The van der Waals surface area contributed by atoms with Crippen LogP contribution in [-0.4, -0.2) is 16.9 Å². The number of benzene rings is 1. The van der Waals surface area contributed by atoms with Gasteiger partial charge in [0.2, 0.25) is 0 Å². The molecule has 0 radical (unpaired) electrons. The summed E-state index contributed by atoms with van der Waals surface area (Å²) in [4.78, 5) is 15.3. The van der Waals surface area contributed by atoms with Gasteiger partial charge in [-0.1, -0.05) is 24.3 Å². The van der Waals surface area contributed by atoms with Crippen molar-refractivity contribution in [2.24, 2.45) is 5.73 Å². The Morgan fingerprint density at radius 3 is 3.06 bits per heavy atom. The largest absolute Gasteiger partial charge is 0.356 e. The first kappa shape index (κ1) is 9.99. The summed E-state index contributed by atoms with van der Waals surface area (Å²) in [5, 5.41) is 4.04. The summed E-state index contributed by atoms with van der Waals surface area (Å²) in [5.74, 6) is 0. The highest BCUT2D eigenvalue weighted by Crippen LogP contribution is 2.31. The van der Waals surface area contributed by atoms with Crippen LogP contribution < -0.4 is 11.1 Å². The van der Waals surface area contributed by atoms with Gasteiger partial charge in [-0.05, 0) is 17.7 Å². The number of nitrogens with two attached hydrogens (primary N) is 1. The Kier molecular flexibility index (Phi) is 2.00. The fraction of sp³-hybridized carbons (Fsp3) is 0.0769. The second kappa shape index (κ2) is 3.40. The Labute approximate surface area is 98.1 Å². The number of hydrogen-bond acceptors (Lipinski definition) is 4. The summed E-state index contributed by atoms with van der Waals surface area (Å²) < 4.78 is 0. The van der Waals surface area contributed by atoms with E-state index in [9.17, 15) is 4.79 Å². The van der Waals surface area contributed by atoms with Gasteiger partial charge in [0, 0.05) is 11.6 Å². The monoisotopic (exact) mass is 225 g/mol. The second-order valence-electron chi connectivity index (χ2n) is 4.11. The summed E-state index contributed by atoms with van der Waals surface area (Å²) in [6.07, 6.45) is 5.90. The molecule has 0 aliphatic carbocycles. The molecule has 1 aliphatic rings. The van der Waals surface area contributed by atoms with E-state index in [1.165, 1.54) is 0 Å². The molecule has 17 heavy (non-hydrogen) atoms. The van der Waals surface area contributed by atoms with Gasteiger partial charge in [-0.2, -0.15) is 0 Å². The van der Waals surface area contributed by atoms with Crippen molar-refractivity contribution in [3.05, 3.63) is 42.1 Å². The summed E-state index contributed by atoms with van der Waals surface area (Å²) in [6.45, 7) is 0. The highest BCUT2D eigenvalue weighted by Gasteiger charge is 2.26. The summed E-state index contributed by atoms with van der Waals surface area (Å²) in [5.41, 5.74) is 7.35. The third-order valence-corrected chi connectivity index (χ3v) is 2.88. The molecule has 0 spiro atoms. The van der Waals surface area contributed by atoms with Gasteiger partial charge in [-0.15, -0.1) is 0 Å². The Hall–Kier alpha value is -2.20. The van der Waals surface area contributed by atoms with Gasteiger partial charge >= 0.3 is 0 Å². The average Bonchev–Trinajstić information content (AvgIpc) is 2.39. The van der Waals surface area contributed by atoms with Crippen LogP contribution >= 0.6 is 0 Å². The molecule has 4 heteroatoms. The molecule has 0 bridgehead atoms. The maximum absolute atomic E-state index is 11.0. The van der Waals surface area contributed by atoms with Crippen molar-refractivity contribution >= 4 is 29.0 Å². The lowest BCUT2D eigenvalue weighted by molar-refractivity contribution is -0.110. The molecule has 1 unspecified atom stereocenters. The Morgan fingerprint density at radius 2 is 2.24 bits per heavy atom. The molecular weight excluding hydrogens is 214 g/mol. The van der Waals surface area contributed by atoms with Crippen LogP contribution in [0.1, 0.15) is 5.56 Å². The van der Waals surface area contributed by atoms with E-state index in [0.717, 1.165) is 22.2 Å². The van der Waals surface area contributed by atoms with Crippen molar-refractivity contribution in [2.45, 2.75) is 5.66 Å². The van der Waals surface area contributed by atoms with Crippen molar-refractivity contribution in [1.29, 1.82) is 0 Å². The van der Waals surface area contributed by atoms with E-state index in [-0.39, 0.29) is 0 Å². The molecule has 2 heterocycles. The number of rotatable bonds is 1. The van der Waals surface area contributed by atoms with E-state index in [0.29, 0.717) is 6.29 Å². The van der Waals surface area contributed by atoms with Crippen LogP contribution in [0.15, 0.2) is 36.5 Å². The van der Waals surface area contributed by atoms with Crippen molar-refractivity contribution in [2.75, 3.05) is 5.32 Å². The first-order chi connectivity index (χ1) is 8.22. The highest BCUT2D eigenvalue weighted by atomic mass is 16.1. The molecule has 0 saturated carbocycles. The Morgan fingerprint density at radius 1 is 1.35 bits per heavy atom. The minimum Gasteiger partial charge on any atom is -0.356 e. The van der Waals surface area contributed by atoms with E-state index in [1.54, 1.807) is 12.3 Å². The molecule has 1 aromatic carbocycles. The third kappa shape index (κ3) is 1.50. The molecule has 1 atom stereocenters. The lowest BCUT2D eigenvalue weighted by atomic mass is 10.00. The molecule has 3 rings (SSSR count). The van der Waals surface area contributed by atoms with E-state index in [1.807, 2.05) is 30.3 Å². The summed E-state index contributed by atoms with van der Waals surface area (Å²) >= 11 is 0. The number of aromatic nitrogens is 1. The van der Waals surface area contributed by atoms with Crippen LogP contribution in [0.5, 0.6) is 0 Å². The number of carbonyl (C=O) groups excluding carboxylic acids is 1. The molecule has 0 saturated heterocycles. The zero-order chi connectivity index (χ0) is 11.9. The first-order valence-corrected chi connectivity index (χ1v) is 5.32. The van der Waals surface area contributed by atoms with E-state index in [2.05, 4.69) is 10.3 Å². The minimum atomic E-state index is -1.14. The fourth-order valence-electron chi connectivity index (χ4n) is 1.99. The number of carbonyl (C=O) groups is 1. The van der Waals surface area contributed by atoms with Gasteiger partial charge in [0.05, 0.1) is 11.2 Å². The maximum Gasteiger partial charge on any atom is 0.164 e. The minimum absolute atomic E-state index is 0.689. The lowest BCUT2D eigenvalue weighted by Crippen LogP contribution is -2.48. The first-order valence-electron chi connectivity index (χ1n) is 5.32. The molecule has 0 amide bonds. The Bertz CT molecular complexity index is 636. The molecule has 3 N–H and O–H groups in total. The van der Waals surface area contributed by atoms with Gasteiger partial charge in [-0.25, -0.2) is 0 Å². The third-order valence-electron chi connectivity index (χ3n) is 2.88. The summed E-state index contributed by atoms with van der Waals surface area (Å²) in [7, 11) is 0. The van der Waals surface area contributed by atoms with Crippen molar-refractivity contribution < 1.29 is 4.79 Å². The van der Waals surface area contributed by atoms with Crippen LogP contribution in [0, 0.1) is 0 Å². The highest BCUT2D eigenvalue weighted by molar-refractivity contribution is 5.98. The van der Waals surface area contributed by atoms with Crippen LogP contribution in [-0.2, 0) is 4.79 Å². The van der Waals surface area contributed by atoms with Gasteiger partial charge in [0.15, 0.2) is 11.9 Å². The Balaban J connectivity index is 2.28. The molecular formula is C13H11N3O. The van der Waals surface area contributed by atoms with Crippen LogP contribution in [0.2, 0.25) is 0 Å². The normalized spacial score (nSPS) is 21.9. The van der Waals surface area contributed by atoms with Crippen LogP contribution in [0.3, 0.4) is 0 Å². The number of aldehydes is 1. The van der Waals surface area contributed by atoms with Gasteiger partial charge in [-0.3, -0.25) is 15.5 Å². The number of nitrogens with one attached hydrogen (secondary N) is 1.